The number of nitrogens with one attached hydrogen (secondary N) is 1. The number of amides is 1. The average molecular weight is 225 g/mol. The molecular weight excluding hydrogens is 206 g/mol. The molecule has 1 amide bonds. The molecule has 4 heteroatoms. The summed E-state index contributed by atoms with van der Waals surface area (Å²) in [6.45, 7) is 15.1. The van der Waals surface area contributed by atoms with Crippen LogP contribution in [0.2, 0.25) is 0 Å². The first-order valence-corrected chi connectivity index (χ1v) is 4.81. The van der Waals surface area contributed by atoms with E-state index in [1.807, 2.05) is 0 Å². The molecule has 90 valence electrons. The van der Waals surface area contributed by atoms with Crippen LogP contribution in [0.3, 0.4) is 0 Å². The Labute approximate surface area is 96.7 Å². The number of rotatable bonds is 6. The Hall–Kier alpha value is -1.84. The Morgan fingerprint density at radius 3 is 2.38 bits per heavy atom. The lowest BCUT2D eigenvalue weighted by Crippen LogP contribution is -2.25. The van der Waals surface area contributed by atoms with Gasteiger partial charge >= 0.3 is 5.97 Å². The van der Waals surface area contributed by atoms with Crippen LogP contribution in [0, 0.1) is 0 Å². The first-order chi connectivity index (χ1) is 7.57. The van der Waals surface area contributed by atoms with Gasteiger partial charge in [-0.15, -0.1) is 13.2 Å². The van der Waals surface area contributed by atoms with Crippen molar-refractivity contribution in [3.8, 4) is 0 Å². The highest BCUT2D eigenvalue weighted by Crippen LogP contribution is 1.87. The topological polar surface area (TPSA) is 55.4 Å². The molecule has 0 radical (unpaired) electrons. The molecule has 0 aliphatic heterocycles. The van der Waals surface area contributed by atoms with Crippen molar-refractivity contribution in [2.45, 2.75) is 13.3 Å². The van der Waals surface area contributed by atoms with Gasteiger partial charge in [-0.2, -0.15) is 0 Å². The zero-order chi connectivity index (χ0) is 13.0. The van der Waals surface area contributed by atoms with E-state index in [4.69, 9.17) is 4.74 Å². The van der Waals surface area contributed by atoms with E-state index in [0.29, 0.717) is 18.5 Å². The van der Waals surface area contributed by atoms with Crippen LogP contribution in [0.15, 0.2) is 38.0 Å². The van der Waals surface area contributed by atoms with Gasteiger partial charge < -0.3 is 10.1 Å². The van der Waals surface area contributed by atoms with Gasteiger partial charge in [-0.3, -0.25) is 4.79 Å². The fourth-order valence-corrected chi connectivity index (χ4v) is 0.657. The average Bonchev–Trinajstić information content (AvgIpc) is 2.30. The summed E-state index contributed by atoms with van der Waals surface area (Å²) >= 11 is 0. The summed E-state index contributed by atoms with van der Waals surface area (Å²) in [5.41, 5.74) is 0.466. The van der Waals surface area contributed by atoms with Crippen molar-refractivity contribution in [2.75, 3.05) is 13.2 Å². The first kappa shape index (κ1) is 16.6. The second-order valence-corrected chi connectivity index (χ2v) is 2.76. The van der Waals surface area contributed by atoms with Gasteiger partial charge in [0.1, 0.15) is 0 Å². The van der Waals surface area contributed by atoms with E-state index in [2.05, 4.69) is 31.6 Å². The van der Waals surface area contributed by atoms with Crippen molar-refractivity contribution in [1.29, 1.82) is 0 Å². The molecule has 1 N–H and O–H groups in total. The maximum atomic E-state index is 11.0. The van der Waals surface area contributed by atoms with Crippen LogP contribution in [-0.2, 0) is 14.3 Å². The van der Waals surface area contributed by atoms with E-state index in [-0.39, 0.29) is 12.5 Å². The smallest absolute Gasteiger partial charge is 0.330 e. The second-order valence-electron chi connectivity index (χ2n) is 2.76. The first-order valence-electron chi connectivity index (χ1n) is 4.81. The Kier molecular flexibility index (Phi) is 11.6. The minimum atomic E-state index is -0.448. The maximum Gasteiger partial charge on any atom is 0.330 e. The molecule has 0 saturated heterocycles. The lowest BCUT2D eigenvalue weighted by molar-refractivity contribution is -0.137. The van der Waals surface area contributed by atoms with Crippen LogP contribution in [0.1, 0.15) is 13.3 Å². The minimum Gasteiger partial charge on any atom is -0.462 e. The van der Waals surface area contributed by atoms with Crippen molar-refractivity contribution in [2.24, 2.45) is 0 Å². The molecule has 0 saturated carbocycles. The molecule has 0 heterocycles. The molecule has 0 aromatic rings. The summed E-state index contributed by atoms with van der Waals surface area (Å²) in [6, 6.07) is 0. The van der Waals surface area contributed by atoms with Crippen LogP contribution in [0.5, 0.6) is 0 Å². The van der Waals surface area contributed by atoms with E-state index in [1.54, 1.807) is 6.92 Å². The normalized spacial score (nSPS) is 8.06. The lowest BCUT2D eigenvalue weighted by atomic mass is 10.3. The number of hydrogen-bond acceptors (Lipinski definition) is 3. The quantitative estimate of drug-likeness (QED) is 0.323. The van der Waals surface area contributed by atoms with Gasteiger partial charge in [-0.05, 0) is 13.3 Å². The summed E-state index contributed by atoms with van der Waals surface area (Å²) in [7, 11) is 0. The monoisotopic (exact) mass is 225 g/mol. The largest absolute Gasteiger partial charge is 0.462 e. The Morgan fingerprint density at radius 1 is 1.38 bits per heavy atom. The molecule has 0 aromatic carbocycles. The third-order valence-electron chi connectivity index (χ3n) is 1.41. The number of carbonyl (C=O) groups excluding carboxylic acids is 2. The molecule has 16 heavy (non-hydrogen) atoms. The highest BCUT2D eigenvalue weighted by atomic mass is 16.5. The maximum absolute atomic E-state index is 11.0. The van der Waals surface area contributed by atoms with E-state index < -0.39 is 5.97 Å². The van der Waals surface area contributed by atoms with Crippen LogP contribution in [0.25, 0.3) is 0 Å². The standard InChI is InChI=1S/C10H15NO3.C2H4/c1-4-9(12)14-7-5-6-11-10(13)8(2)3;1-2/h4H,1-2,5-7H2,3H3,(H,11,13);1-2H2. The van der Waals surface area contributed by atoms with Crippen LogP contribution in [0.4, 0.5) is 0 Å². The molecular formula is C12H19NO3. The zero-order valence-electron chi connectivity index (χ0n) is 9.75. The molecule has 0 aromatic heterocycles. The van der Waals surface area contributed by atoms with Gasteiger partial charge in [0.15, 0.2) is 0 Å². The number of ether oxygens (including phenoxy) is 1. The van der Waals surface area contributed by atoms with E-state index in [0.717, 1.165) is 6.08 Å². The summed E-state index contributed by atoms with van der Waals surface area (Å²) in [5.74, 6) is -0.628. The molecule has 0 spiro atoms. The number of carbonyl (C=O) groups is 2. The fourth-order valence-electron chi connectivity index (χ4n) is 0.657. The number of hydrogen-bond donors (Lipinski definition) is 1. The Morgan fingerprint density at radius 2 is 1.94 bits per heavy atom. The highest BCUT2D eigenvalue weighted by molar-refractivity contribution is 5.92. The van der Waals surface area contributed by atoms with Crippen LogP contribution < -0.4 is 5.32 Å². The summed E-state index contributed by atoms with van der Waals surface area (Å²) < 4.78 is 4.70. The van der Waals surface area contributed by atoms with Crippen molar-refractivity contribution < 1.29 is 14.3 Å². The second kappa shape index (κ2) is 11.2. The van der Waals surface area contributed by atoms with Crippen molar-refractivity contribution in [3.05, 3.63) is 38.0 Å². The van der Waals surface area contributed by atoms with Gasteiger partial charge in [-0.1, -0.05) is 13.2 Å². The van der Waals surface area contributed by atoms with Gasteiger partial charge in [0, 0.05) is 18.2 Å². The SMILES string of the molecule is C=C.C=CC(=O)OCCCNC(=O)C(=C)C. The molecule has 0 aliphatic rings. The predicted octanol–water partition coefficient (Wildman–Crippen LogP) is 1.60. The summed E-state index contributed by atoms with van der Waals surface area (Å²) in [5, 5.41) is 2.62. The van der Waals surface area contributed by atoms with Crippen LogP contribution in [-0.4, -0.2) is 25.0 Å². The number of esters is 1. The Balaban J connectivity index is 0. The van der Waals surface area contributed by atoms with Gasteiger partial charge in [-0.25, -0.2) is 4.79 Å². The van der Waals surface area contributed by atoms with Gasteiger partial charge in [0.05, 0.1) is 6.61 Å². The lowest BCUT2D eigenvalue weighted by Gasteiger charge is -2.04. The van der Waals surface area contributed by atoms with Crippen molar-refractivity contribution in [1.82, 2.24) is 5.32 Å². The van der Waals surface area contributed by atoms with Crippen molar-refractivity contribution >= 4 is 11.9 Å². The third-order valence-corrected chi connectivity index (χ3v) is 1.41. The molecule has 0 aliphatic carbocycles. The molecule has 4 nitrogen and oxygen atoms in total. The Bertz CT molecular complexity index is 259. The fraction of sp³-hybridized carbons (Fsp3) is 0.333. The van der Waals surface area contributed by atoms with Crippen molar-refractivity contribution in [3.63, 3.8) is 0 Å². The zero-order valence-corrected chi connectivity index (χ0v) is 9.75. The van der Waals surface area contributed by atoms with Crippen LogP contribution >= 0.6 is 0 Å². The highest BCUT2D eigenvalue weighted by Gasteiger charge is 2.00. The van der Waals surface area contributed by atoms with E-state index in [9.17, 15) is 9.59 Å². The molecule has 0 rings (SSSR count). The van der Waals surface area contributed by atoms with Gasteiger partial charge in [0.2, 0.25) is 5.91 Å². The molecule has 0 fully saturated rings. The molecule has 0 bridgehead atoms. The predicted molar refractivity (Wildman–Crippen MR) is 64.9 cm³/mol. The van der Waals surface area contributed by atoms with E-state index >= 15 is 0 Å². The van der Waals surface area contributed by atoms with E-state index in [1.165, 1.54) is 0 Å². The summed E-state index contributed by atoms with van der Waals surface area (Å²) in [4.78, 5) is 21.5. The van der Waals surface area contributed by atoms with Gasteiger partial charge in [0.25, 0.3) is 0 Å². The summed E-state index contributed by atoms with van der Waals surface area (Å²) in [6.07, 6.45) is 1.69. The third kappa shape index (κ3) is 10.2. The minimum absolute atomic E-state index is 0.181. The molecule has 0 unspecified atom stereocenters. The molecule has 0 atom stereocenters.